The highest BCUT2D eigenvalue weighted by molar-refractivity contribution is 7.11. The number of likely N-dealkylation sites (N-methyl/N-ethyl adjacent to an activating group) is 1. The summed E-state index contributed by atoms with van der Waals surface area (Å²) in [4.78, 5) is 8.34. The molecule has 3 nitrogen and oxygen atoms in total. The number of rotatable bonds is 4. The second-order valence-electron chi connectivity index (χ2n) is 5.24. The number of nitrogens with two attached hydrogens (primary N) is 1. The summed E-state index contributed by atoms with van der Waals surface area (Å²) in [6, 6.07) is 0.929. The van der Waals surface area contributed by atoms with Crippen LogP contribution in [0.2, 0.25) is 0 Å². The first kappa shape index (κ1) is 13.0. The van der Waals surface area contributed by atoms with Gasteiger partial charge in [-0.05, 0) is 39.8 Å². The molecule has 1 aliphatic heterocycles. The Labute approximate surface area is 108 Å². The molecule has 0 radical (unpaired) electrons. The number of nitrogens with zero attached hydrogens (tertiary/aromatic N) is 2. The van der Waals surface area contributed by atoms with E-state index < -0.39 is 0 Å². The third-order valence-electron chi connectivity index (χ3n) is 3.46. The fourth-order valence-corrected chi connectivity index (χ4v) is 3.59. The molecular formula is C13H23N3S. The topological polar surface area (TPSA) is 42.1 Å². The third kappa shape index (κ3) is 3.76. The highest BCUT2D eigenvalue weighted by Gasteiger charge is 2.20. The lowest BCUT2D eigenvalue weighted by Crippen LogP contribution is -2.37. The highest BCUT2D eigenvalue weighted by atomic mass is 32.1. The molecule has 2 unspecified atom stereocenters. The lowest BCUT2D eigenvalue weighted by Gasteiger charge is -2.31. The quantitative estimate of drug-likeness (QED) is 0.893. The Morgan fingerprint density at radius 2 is 2.41 bits per heavy atom. The standard InChI is InChI=1S/C13H23N3S/c1-10(14)7-12-9-15-13(17-12)8-11-5-3-4-6-16(11)2/h9-11H,3-8,14H2,1-2H3. The molecule has 1 aliphatic rings. The van der Waals surface area contributed by atoms with Crippen LogP contribution in [0.25, 0.3) is 0 Å². The monoisotopic (exact) mass is 253 g/mol. The zero-order valence-electron chi connectivity index (χ0n) is 10.9. The van der Waals surface area contributed by atoms with Crippen LogP contribution in [0.15, 0.2) is 6.20 Å². The van der Waals surface area contributed by atoms with Crippen molar-refractivity contribution in [2.45, 2.75) is 51.1 Å². The van der Waals surface area contributed by atoms with Gasteiger partial charge in [0.2, 0.25) is 0 Å². The van der Waals surface area contributed by atoms with Gasteiger partial charge in [-0.2, -0.15) is 0 Å². The molecule has 1 saturated heterocycles. The largest absolute Gasteiger partial charge is 0.328 e. The molecule has 2 N–H and O–H groups in total. The molecule has 0 aromatic carbocycles. The van der Waals surface area contributed by atoms with Crippen LogP contribution in [0.3, 0.4) is 0 Å². The summed E-state index contributed by atoms with van der Waals surface area (Å²) in [5.41, 5.74) is 5.81. The lowest BCUT2D eigenvalue weighted by atomic mass is 10.0. The van der Waals surface area contributed by atoms with E-state index in [-0.39, 0.29) is 6.04 Å². The SMILES string of the molecule is CC(N)Cc1cnc(CC2CCCCN2C)s1. The van der Waals surface area contributed by atoms with Crippen LogP contribution in [0.5, 0.6) is 0 Å². The molecular weight excluding hydrogens is 230 g/mol. The second-order valence-corrected chi connectivity index (χ2v) is 6.44. The van der Waals surface area contributed by atoms with Gasteiger partial charge in [0, 0.05) is 29.6 Å². The van der Waals surface area contributed by atoms with Crippen LogP contribution < -0.4 is 5.73 Å². The Hall–Kier alpha value is -0.450. The van der Waals surface area contributed by atoms with Gasteiger partial charge in [-0.15, -0.1) is 11.3 Å². The van der Waals surface area contributed by atoms with E-state index in [4.69, 9.17) is 5.73 Å². The Morgan fingerprint density at radius 1 is 1.59 bits per heavy atom. The van der Waals surface area contributed by atoms with Crippen molar-refractivity contribution in [2.75, 3.05) is 13.6 Å². The van der Waals surface area contributed by atoms with E-state index in [9.17, 15) is 0 Å². The first-order valence-electron chi connectivity index (χ1n) is 6.54. The Morgan fingerprint density at radius 3 is 3.12 bits per heavy atom. The summed E-state index contributed by atoms with van der Waals surface area (Å²) in [5.74, 6) is 0. The maximum absolute atomic E-state index is 5.81. The van der Waals surface area contributed by atoms with Crippen LogP contribution in [0.4, 0.5) is 0 Å². The number of thiazole rings is 1. The van der Waals surface area contributed by atoms with Gasteiger partial charge in [0.05, 0.1) is 5.01 Å². The highest BCUT2D eigenvalue weighted by Crippen LogP contribution is 2.22. The van der Waals surface area contributed by atoms with Crippen molar-refractivity contribution in [2.24, 2.45) is 5.73 Å². The number of piperidine rings is 1. The number of aromatic nitrogens is 1. The van der Waals surface area contributed by atoms with Crippen molar-refractivity contribution in [1.29, 1.82) is 0 Å². The molecule has 2 atom stereocenters. The molecule has 0 spiro atoms. The predicted molar refractivity (Wildman–Crippen MR) is 73.4 cm³/mol. The molecule has 17 heavy (non-hydrogen) atoms. The summed E-state index contributed by atoms with van der Waals surface area (Å²) >= 11 is 1.84. The zero-order valence-corrected chi connectivity index (χ0v) is 11.7. The van der Waals surface area contributed by atoms with Crippen molar-refractivity contribution in [3.8, 4) is 0 Å². The Balaban J connectivity index is 1.91. The third-order valence-corrected chi connectivity index (χ3v) is 4.50. The van der Waals surface area contributed by atoms with E-state index in [0.717, 1.165) is 12.8 Å². The fraction of sp³-hybridized carbons (Fsp3) is 0.769. The minimum atomic E-state index is 0.237. The molecule has 0 bridgehead atoms. The molecule has 4 heteroatoms. The molecule has 2 heterocycles. The van der Waals surface area contributed by atoms with Crippen molar-refractivity contribution in [3.05, 3.63) is 16.1 Å². The summed E-state index contributed by atoms with van der Waals surface area (Å²) < 4.78 is 0. The summed E-state index contributed by atoms with van der Waals surface area (Å²) in [6.45, 7) is 3.29. The number of likely N-dealkylation sites (tertiary alicyclic amines) is 1. The smallest absolute Gasteiger partial charge is 0.0943 e. The Bertz CT molecular complexity index is 348. The van der Waals surface area contributed by atoms with E-state index in [2.05, 4.69) is 16.9 Å². The number of hydrogen-bond donors (Lipinski definition) is 1. The molecule has 2 rings (SSSR count). The predicted octanol–water partition coefficient (Wildman–Crippen LogP) is 2.06. The normalized spacial score (nSPS) is 23.8. The molecule has 0 aliphatic carbocycles. The maximum Gasteiger partial charge on any atom is 0.0943 e. The summed E-state index contributed by atoms with van der Waals surface area (Å²) in [7, 11) is 2.24. The molecule has 1 fully saturated rings. The minimum absolute atomic E-state index is 0.237. The van der Waals surface area contributed by atoms with Crippen LogP contribution in [0.1, 0.15) is 36.1 Å². The van der Waals surface area contributed by atoms with Crippen LogP contribution in [-0.2, 0) is 12.8 Å². The van der Waals surface area contributed by atoms with E-state index in [1.54, 1.807) is 0 Å². The number of hydrogen-bond acceptors (Lipinski definition) is 4. The van der Waals surface area contributed by atoms with Crippen molar-refractivity contribution >= 4 is 11.3 Å². The van der Waals surface area contributed by atoms with Gasteiger partial charge < -0.3 is 10.6 Å². The van der Waals surface area contributed by atoms with Gasteiger partial charge >= 0.3 is 0 Å². The molecule has 1 aromatic rings. The maximum atomic E-state index is 5.81. The van der Waals surface area contributed by atoms with Crippen molar-refractivity contribution < 1.29 is 0 Å². The van der Waals surface area contributed by atoms with E-state index >= 15 is 0 Å². The van der Waals surface area contributed by atoms with Crippen LogP contribution in [-0.4, -0.2) is 35.6 Å². The van der Waals surface area contributed by atoms with Crippen LogP contribution in [0, 0.1) is 0 Å². The fourth-order valence-electron chi connectivity index (χ4n) is 2.46. The lowest BCUT2D eigenvalue weighted by molar-refractivity contribution is 0.184. The Kier molecular flexibility index (Phi) is 4.54. The average Bonchev–Trinajstić information content (AvgIpc) is 2.68. The van der Waals surface area contributed by atoms with Gasteiger partial charge in [-0.1, -0.05) is 6.42 Å². The van der Waals surface area contributed by atoms with Crippen molar-refractivity contribution in [1.82, 2.24) is 9.88 Å². The van der Waals surface area contributed by atoms with Crippen LogP contribution >= 0.6 is 11.3 Å². The molecule has 1 aromatic heterocycles. The second kappa shape index (κ2) is 5.94. The molecule has 96 valence electrons. The summed E-state index contributed by atoms with van der Waals surface area (Å²) in [5, 5.41) is 1.28. The van der Waals surface area contributed by atoms with Crippen molar-refractivity contribution in [3.63, 3.8) is 0 Å². The molecule has 0 saturated carbocycles. The van der Waals surface area contributed by atoms with E-state index in [0.29, 0.717) is 6.04 Å². The summed E-state index contributed by atoms with van der Waals surface area (Å²) in [6.07, 6.45) is 8.11. The van der Waals surface area contributed by atoms with Gasteiger partial charge in [0.25, 0.3) is 0 Å². The van der Waals surface area contributed by atoms with E-state index in [1.165, 1.54) is 35.7 Å². The van der Waals surface area contributed by atoms with Gasteiger partial charge in [-0.25, -0.2) is 4.98 Å². The first-order valence-corrected chi connectivity index (χ1v) is 7.36. The zero-order chi connectivity index (χ0) is 12.3. The van der Waals surface area contributed by atoms with Gasteiger partial charge in [0.1, 0.15) is 0 Å². The van der Waals surface area contributed by atoms with E-state index in [1.807, 2.05) is 24.5 Å². The first-order chi connectivity index (χ1) is 8.15. The van der Waals surface area contributed by atoms with Gasteiger partial charge in [-0.3, -0.25) is 0 Å². The average molecular weight is 253 g/mol. The minimum Gasteiger partial charge on any atom is -0.328 e. The molecule has 0 amide bonds. The van der Waals surface area contributed by atoms with Gasteiger partial charge in [0.15, 0.2) is 0 Å².